The van der Waals surface area contributed by atoms with E-state index in [1.54, 1.807) is 18.5 Å². The third-order valence-corrected chi connectivity index (χ3v) is 6.22. The number of hydrogen-bond donors (Lipinski definition) is 1. The Morgan fingerprint density at radius 3 is 2.57 bits per heavy atom. The fraction of sp³-hybridized carbons (Fsp3) is 0.207. The normalized spacial score (nSPS) is 13.4. The van der Waals surface area contributed by atoms with Gasteiger partial charge in [0, 0.05) is 61.1 Å². The molecule has 2 aromatic carbocycles. The van der Waals surface area contributed by atoms with Crippen molar-refractivity contribution in [3.63, 3.8) is 0 Å². The summed E-state index contributed by atoms with van der Waals surface area (Å²) in [4.78, 5) is 19.4. The molecule has 176 valence electrons. The van der Waals surface area contributed by atoms with Crippen LogP contribution in [0.3, 0.4) is 0 Å². The van der Waals surface area contributed by atoms with Gasteiger partial charge in [0.05, 0.1) is 6.54 Å². The molecule has 0 aliphatic carbocycles. The fourth-order valence-corrected chi connectivity index (χ4v) is 4.47. The van der Waals surface area contributed by atoms with E-state index < -0.39 is 0 Å². The minimum absolute atomic E-state index is 0.130. The highest BCUT2D eigenvalue weighted by Crippen LogP contribution is 2.25. The summed E-state index contributed by atoms with van der Waals surface area (Å²) in [5.41, 5.74) is 6.12. The molecule has 0 radical (unpaired) electrons. The summed E-state index contributed by atoms with van der Waals surface area (Å²) < 4.78 is 1.90. The van der Waals surface area contributed by atoms with E-state index in [2.05, 4.69) is 45.5 Å². The molecule has 1 fully saturated rings. The molecule has 1 saturated heterocycles. The van der Waals surface area contributed by atoms with Gasteiger partial charge in [-0.15, -0.1) is 0 Å². The molecule has 0 saturated carbocycles. The van der Waals surface area contributed by atoms with Crippen molar-refractivity contribution in [2.75, 3.05) is 18.0 Å². The first-order valence-electron chi connectivity index (χ1n) is 12.1. The van der Waals surface area contributed by atoms with Crippen LogP contribution >= 0.6 is 0 Å². The summed E-state index contributed by atoms with van der Waals surface area (Å²) in [5, 5.41) is 7.84. The second-order valence-electron chi connectivity index (χ2n) is 8.73. The topological polar surface area (TPSA) is 63.1 Å². The molecule has 6 heteroatoms. The Morgan fingerprint density at radius 1 is 0.971 bits per heavy atom. The zero-order chi connectivity index (χ0) is 23.9. The van der Waals surface area contributed by atoms with Gasteiger partial charge in [0.1, 0.15) is 5.69 Å². The quantitative estimate of drug-likeness (QED) is 0.377. The Bertz CT molecular complexity index is 1290. The first-order valence-corrected chi connectivity index (χ1v) is 12.1. The lowest BCUT2D eigenvalue weighted by atomic mass is 10.1. The average Bonchev–Trinajstić information content (AvgIpc) is 3.58. The van der Waals surface area contributed by atoms with E-state index >= 15 is 0 Å². The predicted octanol–water partition coefficient (Wildman–Crippen LogP) is 4.92. The number of pyridine rings is 1. The van der Waals surface area contributed by atoms with Gasteiger partial charge in [-0.25, -0.2) is 0 Å². The Kier molecular flexibility index (Phi) is 6.99. The zero-order valence-corrected chi connectivity index (χ0v) is 19.7. The van der Waals surface area contributed by atoms with E-state index in [9.17, 15) is 4.79 Å². The maximum Gasteiger partial charge on any atom is 0.244 e. The molecule has 0 atom stereocenters. The lowest BCUT2D eigenvalue weighted by molar-refractivity contribution is -0.116. The smallest absolute Gasteiger partial charge is 0.244 e. The van der Waals surface area contributed by atoms with Crippen molar-refractivity contribution in [2.24, 2.45) is 0 Å². The van der Waals surface area contributed by atoms with E-state index in [0.29, 0.717) is 13.1 Å². The average molecular weight is 464 g/mol. The molecule has 1 aliphatic heterocycles. The van der Waals surface area contributed by atoms with Gasteiger partial charge < -0.3 is 10.2 Å². The fourth-order valence-electron chi connectivity index (χ4n) is 4.47. The minimum Gasteiger partial charge on any atom is -0.371 e. The van der Waals surface area contributed by atoms with Crippen molar-refractivity contribution in [3.8, 4) is 11.3 Å². The molecule has 3 heterocycles. The van der Waals surface area contributed by atoms with Crippen LogP contribution in [0.15, 0.2) is 91.4 Å². The summed E-state index contributed by atoms with van der Waals surface area (Å²) in [6.45, 7) is 3.31. The van der Waals surface area contributed by atoms with Crippen LogP contribution < -0.4 is 10.2 Å². The number of rotatable bonds is 8. The van der Waals surface area contributed by atoms with Gasteiger partial charge >= 0.3 is 0 Å². The Morgan fingerprint density at radius 2 is 1.77 bits per heavy atom. The largest absolute Gasteiger partial charge is 0.371 e. The summed E-state index contributed by atoms with van der Waals surface area (Å²) in [6, 6.07) is 22.4. The molecule has 0 bridgehead atoms. The second kappa shape index (κ2) is 10.8. The molecule has 5 rings (SSSR count). The van der Waals surface area contributed by atoms with Crippen LogP contribution in [0.4, 0.5) is 5.69 Å². The van der Waals surface area contributed by atoms with Crippen molar-refractivity contribution in [2.45, 2.75) is 25.9 Å². The number of nitrogens with one attached hydrogen (secondary N) is 1. The number of carbonyl (C=O) groups excluding carboxylic acids is 1. The summed E-state index contributed by atoms with van der Waals surface area (Å²) in [6.07, 6.45) is 11.4. The van der Waals surface area contributed by atoms with Crippen molar-refractivity contribution in [1.29, 1.82) is 0 Å². The van der Waals surface area contributed by atoms with Crippen molar-refractivity contribution in [1.82, 2.24) is 20.1 Å². The van der Waals surface area contributed by atoms with Crippen LogP contribution in [0.1, 0.15) is 29.5 Å². The number of aromatic nitrogens is 3. The molecular formula is C29H29N5O. The highest BCUT2D eigenvalue weighted by Gasteiger charge is 2.15. The molecule has 0 unspecified atom stereocenters. The molecular weight excluding hydrogens is 434 g/mol. The molecule has 35 heavy (non-hydrogen) atoms. The number of carbonyl (C=O) groups is 1. The van der Waals surface area contributed by atoms with Crippen LogP contribution in [0.2, 0.25) is 0 Å². The van der Waals surface area contributed by atoms with Gasteiger partial charge in [-0.05, 0) is 48.2 Å². The molecule has 2 aromatic heterocycles. The molecule has 1 N–H and O–H groups in total. The highest BCUT2D eigenvalue weighted by atomic mass is 16.1. The Hall–Kier alpha value is -4.19. The lowest BCUT2D eigenvalue weighted by Crippen LogP contribution is -2.24. The van der Waals surface area contributed by atoms with Gasteiger partial charge in [-0.2, -0.15) is 5.10 Å². The van der Waals surface area contributed by atoms with E-state index in [-0.39, 0.29) is 5.91 Å². The third-order valence-electron chi connectivity index (χ3n) is 6.22. The van der Waals surface area contributed by atoms with Gasteiger partial charge in [0.2, 0.25) is 5.91 Å². The maximum atomic E-state index is 12.7. The number of amides is 1. The summed E-state index contributed by atoms with van der Waals surface area (Å²) >= 11 is 0. The van der Waals surface area contributed by atoms with E-state index in [0.717, 1.165) is 41.0 Å². The first-order chi connectivity index (χ1) is 17.3. The van der Waals surface area contributed by atoms with Crippen molar-refractivity contribution in [3.05, 3.63) is 108 Å². The van der Waals surface area contributed by atoms with Crippen LogP contribution in [0, 0.1) is 0 Å². The van der Waals surface area contributed by atoms with E-state index in [1.165, 1.54) is 18.5 Å². The van der Waals surface area contributed by atoms with Crippen LogP contribution in [-0.2, 0) is 17.9 Å². The number of para-hydroxylation sites is 1. The molecule has 4 aromatic rings. The minimum atomic E-state index is -0.130. The van der Waals surface area contributed by atoms with Gasteiger partial charge in [-0.3, -0.25) is 14.5 Å². The number of nitrogens with zero attached hydrogens (tertiary/aromatic N) is 4. The van der Waals surface area contributed by atoms with Gasteiger partial charge in [0.15, 0.2) is 0 Å². The standard InChI is InChI=1S/C29H29N5O/c35-28(31-20-24-11-4-5-13-27(24)33-17-6-7-18-33)15-14-26-22-34(21-23-9-2-1-3-10-23)32-29(26)25-12-8-16-30-19-25/h1-5,8-16,19,22H,6-7,17-18,20-21H2,(H,31,35)/b15-14+. The van der Waals surface area contributed by atoms with Gasteiger partial charge in [0.25, 0.3) is 0 Å². The second-order valence-corrected chi connectivity index (χ2v) is 8.73. The molecule has 1 aliphatic rings. The number of benzene rings is 2. The third kappa shape index (κ3) is 5.66. The zero-order valence-electron chi connectivity index (χ0n) is 19.7. The number of hydrogen-bond acceptors (Lipinski definition) is 4. The Labute approximate surface area is 205 Å². The van der Waals surface area contributed by atoms with Gasteiger partial charge in [-0.1, -0.05) is 48.5 Å². The highest BCUT2D eigenvalue weighted by molar-refractivity contribution is 5.92. The summed E-state index contributed by atoms with van der Waals surface area (Å²) in [5.74, 6) is -0.130. The SMILES string of the molecule is O=C(/C=C/c1cn(Cc2ccccc2)nc1-c1cccnc1)NCc1ccccc1N1CCCC1. The summed E-state index contributed by atoms with van der Waals surface area (Å²) in [7, 11) is 0. The van der Waals surface area contributed by atoms with Crippen LogP contribution in [0.5, 0.6) is 0 Å². The Balaban J connectivity index is 1.31. The van der Waals surface area contributed by atoms with Crippen molar-refractivity contribution >= 4 is 17.7 Å². The predicted molar refractivity (Wildman–Crippen MR) is 140 cm³/mol. The maximum absolute atomic E-state index is 12.7. The van der Waals surface area contributed by atoms with Crippen LogP contribution in [-0.4, -0.2) is 33.8 Å². The monoisotopic (exact) mass is 463 g/mol. The van der Waals surface area contributed by atoms with Crippen LogP contribution in [0.25, 0.3) is 17.3 Å². The first kappa shape index (κ1) is 22.6. The van der Waals surface area contributed by atoms with Crippen molar-refractivity contribution < 1.29 is 4.79 Å². The number of anilines is 1. The molecule has 0 spiro atoms. The lowest BCUT2D eigenvalue weighted by Gasteiger charge is -2.21. The molecule has 1 amide bonds. The van der Waals surface area contributed by atoms with E-state index in [4.69, 9.17) is 5.10 Å². The molecule has 6 nitrogen and oxygen atoms in total. The van der Waals surface area contributed by atoms with E-state index in [1.807, 2.05) is 53.4 Å².